The van der Waals surface area contributed by atoms with Gasteiger partial charge in [-0.3, -0.25) is 0 Å². The standard InChI is InChI=1S/C14H12N2O3/c1-8-5-11(9(2)19-8)12-7-16-4-3-10(14(17)18)6-13(16)15-12/h3-7H,1-2H3,(H,17,18). The fraction of sp³-hybridized carbons (Fsp3) is 0.143. The van der Waals surface area contributed by atoms with Crippen molar-refractivity contribution >= 4 is 11.6 Å². The number of carboxylic acid groups (broad SMARTS) is 1. The van der Waals surface area contributed by atoms with Crippen LogP contribution >= 0.6 is 0 Å². The first kappa shape index (κ1) is 11.5. The number of furan rings is 1. The van der Waals surface area contributed by atoms with Crippen molar-refractivity contribution in [2.45, 2.75) is 13.8 Å². The van der Waals surface area contributed by atoms with Gasteiger partial charge in [0.05, 0.1) is 11.3 Å². The fourth-order valence-electron chi connectivity index (χ4n) is 2.13. The van der Waals surface area contributed by atoms with Gasteiger partial charge >= 0.3 is 5.97 Å². The van der Waals surface area contributed by atoms with Gasteiger partial charge in [0.2, 0.25) is 0 Å². The molecule has 3 aromatic rings. The summed E-state index contributed by atoms with van der Waals surface area (Å²) in [5.41, 5.74) is 2.54. The number of hydrogen-bond acceptors (Lipinski definition) is 3. The molecule has 0 saturated carbocycles. The highest BCUT2D eigenvalue weighted by molar-refractivity contribution is 5.88. The molecule has 0 saturated heterocycles. The summed E-state index contributed by atoms with van der Waals surface area (Å²) < 4.78 is 7.28. The summed E-state index contributed by atoms with van der Waals surface area (Å²) in [6, 6.07) is 5.03. The maximum atomic E-state index is 10.9. The molecule has 0 aliphatic heterocycles. The third kappa shape index (κ3) is 1.89. The molecular formula is C14H12N2O3. The van der Waals surface area contributed by atoms with E-state index in [1.165, 1.54) is 0 Å². The molecule has 0 unspecified atom stereocenters. The lowest BCUT2D eigenvalue weighted by Crippen LogP contribution is -1.96. The third-order valence-electron chi connectivity index (χ3n) is 3.02. The van der Waals surface area contributed by atoms with Crippen LogP contribution in [0.1, 0.15) is 21.9 Å². The van der Waals surface area contributed by atoms with Crippen molar-refractivity contribution in [1.29, 1.82) is 0 Å². The van der Waals surface area contributed by atoms with E-state index in [9.17, 15) is 4.79 Å². The second kappa shape index (κ2) is 3.98. The number of aromatic carboxylic acids is 1. The molecule has 19 heavy (non-hydrogen) atoms. The highest BCUT2D eigenvalue weighted by Gasteiger charge is 2.12. The predicted molar refractivity (Wildman–Crippen MR) is 69.3 cm³/mol. The van der Waals surface area contributed by atoms with Crippen LogP contribution in [0.15, 0.2) is 35.0 Å². The molecule has 0 aliphatic carbocycles. The summed E-state index contributed by atoms with van der Waals surface area (Å²) in [7, 11) is 0. The first-order valence-corrected chi connectivity index (χ1v) is 5.84. The van der Waals surface area contributed by atoms with Crippen LogP contribution < -0.4 is 0 Å². The van der Waals surface area contributed by atoms with Crippen molar-refractivity contribution in [2.24, 2.45) is 0 Å². The molecule has 0 spiro atoms. The molecular weight excluding hydrogens is 244 g/mol. The molecule has 0 aliphatic rings. The van der Waals surface area contributed by atoms with Crippen molar-refractivity contribution in [3.05, 3.63) is 47.7 Å². The molecule has 0 bridgehead atoms. The average molecular weight is 256 g/mol. The third-order valence-corrected chi connectivity index (χ3v) is 3.02. The maximum absolute atomic E-state index is 10.9. The van der Waals surface area contributed by atoms with Gasteiger partial charge in [-0.1, -0.05) is 0 Å². The number of aromatic nitrogens is 2. The first-order valence-electron chi connectivity index (χ1n) is 5.84. The molecule has 3 heterocycles. The SMILES string of the molecule is Cc1cc(-c2cn3ccc(C(=O)O)cc3n2)c(C)o1. The van der Waals surface area contributed by atoms with Crippen molar-refractivity contribution in [3.8, 4) is 11.3 Å². The maximum Gasteiger partial charge on any atom is 0.335 e. The lowest BCUT2D eigenvalue weighted by atomic mass is 10.2. The number of carboxylic acids is 1. The zero-order valence-corrected chi connectivity index (χ0v) is 10.5. The molecule has 3 aromatic heterocycles. The zero-order chi connectivity index (χ0) is 13.6. The van der Waals surface area contributed by atoms with Gasteiger partial charge in [0, 0.05) is 18.0 Å². The largest absolute Gasteiger partial charge is 0.478 e. The van der Waals surface area contributed by atoms with Gasteiger partial charge in [-0.25, -0.2) is 9.78 Å². The Kier molecular flexibility index (Phi) is 2.41. The second-order valence-corrected chi connectivity index (χ2v) is 4.44. The number of nitrogens with zero attached hydrogens (tertiary/aromatic N) is 2. The van der Waals surface area contributed by atoms with Gasteiger partial charge < -0.3 is 13.9 Å². The monoisotopic (exact) mass is 256 g/mol. The van der Waals surface area contributed by atoms with Gasteiger partial charge in [0.25, 0.3) is 0 Å². The lowest BCUT2D eigenvalue weighted by molar-refractivity contribution is 0.0697. The Bertz CT molecular complexity index is 783. The van der Waals surface area contributed by atoms with E-state index >= 15 is 0 Å². The number of pyridine rings is 1. The van der Waals surface area contributed by atoms with Crippen LogP contribution in [0.5, 0.6) is 0 Å². The lowest BCUT2D eigenvalue weighted by Gasteiger charge is -1.94. The summed E-state index contributed by atoms with van der Waals surface area (Å²) in [6.07, 6.45) is 3.55. The Morgan fingerprint density at radius 2 is 2.16 bits per heavy atom. The molecule has 5 heteroatoms. The van der Waals surface area contributed by atoms with Gasteiger partial charge in [-0.15, -0.1) is 0 Å². The Balaban J connectivity index is 2.16. The molecule has 96 valence electrons. The Morgan fingerprint density at radius 3 is 2.79 bits per heavy atom. The number of aryl methyl sites for hydroxylation is 2. The summed E-state index contributed by atoms with van der Waals surface area (Å²) in [4.78, 5) is 15.4. The van der Waals surface area contributed by atoms with E-state index in [1.54, 1.807) is 22.7 Å². The minimum absolute atomic E-state index is 0.227. The zero-order valence-electron chi connectivity index (χ0n) is 10.5. The number of fused-ring (bicyclic) bond motifs is 1. The van der Waals surface area contributed by atoms with Crippen LogP contribution in [0, 0.1) is 13.8 Å². The Hall–Kier alpha value is -2.56. The smallest absolute Gasteiger partial charge is 0.335 e. The van der Waals surface area contributed by atoms with E-state index in [4.69, 9.17) is 9.52 Å². The molecule has 3 rings (SSSR count). The first-order chi connectivity index (χ1) is 9.04. The molecule has 0 atom stereocenters. The number of hydrogen-bond donors (Lipinski definition) is 1. The van der Waals surface area contributed by atoms with E-state index in [2.05, 4.69) is 4.98 Å². The van der Waals surface area contributed by atoms with E-state index in [0.717, 1.165) is 22.8 Å². The van der Waals surface area contributed by atoms with Crippen LogP contribution in [0.2, 0.25) is 0 Å². The second-order valence-electron chi connectivity index (χ2n) is 4.44. The average Bonchev–Trinajstić information content (AvgIpc) is 2.90. The van der Waals surface area contributed by atoms with Gasteiger partial charge in [0.15, 0.2) is 0 Å². The van der Waals surface area contributed by atoms with Crippen molar-refractivity contribution in [2.75, 3.05) is 0 Å². The normalized spacial score (nSPS) is 11.1. The summed E-state index contributed by atoms with van der Waals surface area (Å²) in [6.45, 7) is 3.77. The summed E-state index contributed by atoms with van der Waals surface area (Å²) >= 11 is 0. The van der Waals surface area contributed by atoms with E-state index in [0.29, 0.717) is 5.65 Å². The number of carbonyl (C=O) groups is 1. The van der Waals surface area contributed by atoms with Crippen molar-refractivity contribution < 1.29 is 14.3 Å². The molecule has 5 nitrogen and oxygen atoms in total. The summed E-state index contributed by atoms with van der Waals surface area (Å²) in [5.74, 6) is 0.678. The molecule has 0 fully saturated rings. The highest BCUT2D eigenvalue weighted by atomic mass is 16.4. The number of rotatable bonds is 2. The van der Waals surface area contributed by atoms with Crippen molar-refractivity contribution in [3.63, 3.8) is 0 Å². The molecule has 0 amide bonds. The van der Waals surface area contributed by atoms with Crippen LogP contribution in [0.3, 0.4) is 0 Å². The molecule has 0 radical (unpaired) electrons. The van der Waals surface area contributed by atoms with E-state index < -0.39 is 5.97 Å². The highest BCUT2D eigenvalue weighted by Crippen LogP contribution is 2.26. The molecule has 1 N–H and O–H groups in total. The Labute approximate surface area is 109 Å². The predicted octanol–water partition coefficient (Wildman–Crippen LogP) is 2.91. The van der Waals surface area contributed by atoms with E-state index in [1.807, 2.05) is 26.1 Å². The number of imidazole rings is 1. The molecule has 0 aromatic carbocycles. The fourth-order valence-corrected chi connectivity index (χ4v) is 2.13. The van der Waals surface area contributed by atoms with Gasteiger partial charge in [-0.2, -0.15) is 0 Å². The minimum Gasteiger partial charge on any atom is -0.478 e. The quantitative estimate of drug-likeness (QED) is 0.765. The van der Waals surface area contributed by atoms with Gasteiger partial charge in [-0.05, 0) is 32.0 Å². The van der Waals surface area contributed by atoms with Gasteiger partial charge in [0.1, 0.15) is 17.2 Å². The van der Waals surface area contributed by atoms with Crippen LogP contribution in [-0.4, -0.2) is 20.5 Å². The Morgan fingerprint density at radius 1 is 1.37 bits per heavy atom. The van der Waals surface area contributed by atoms with Crippen molar-refractivity contribution in [1.82, 2.24) is 9.38 Å². The minimum atomic E-state index is -0.956. The summed E-state index contributed by atoms with van der Waals surface area (Å²) in [5, 5.41) is 8.96. The van der Waals surface area contributed by atoms with Crippen LogP contribution in [-0.2, 0) is 0 Å². The van der Waals surface area contributed by atoms with E-state index in [-0.39, 0.29) is 5.56 Å². The topological polar surface area (TPSA) is 67.7 Å². The van der Waals surface area contributed by atoms with Crippen LogP contribution in [0.4, 0.5) is 0 Å². The van der Waals surface area contributed by atoms with Crippen LogP contribution in [0.25, 0.3) is 16.9 Å².